The van der Waals surface area contributed by atoms with E-state index in [9.17, 15) is 0 Å². The summed E-state index contributed by atoms with van der Waals surface area (Å²) in [6.07, 6.45) is 1.18. The number of ether oxygens (including phenoxy) is 1. The molecule has 0 bridgehead atoms. The molecule has 1 aliphatic rings. The standard InChI is InChI=1S/C12H17N5OS/c1-6-5-8-10(14-9-3-4-18-7(9)2)15-12(17-13)16-11(8)19-6/h5,7,9H,3-4,13H2,1-2H3,(H2,14,15,16,17). The number of nitrogens with two attached hydrogens (primary N) is 1. The van der Waals surface area contributed by atoms with Crippen LogP contribution >= 0.6 is 11.3 Å². The lowest BCUT2D eigenvalue weighted by Crippen LogP contribution is -2.27. The smallest absolute Gasteiger partial charge is 0.240 e. The Morgan fingerprint density at radius 3 is 3.00 bits per heavy atom. The molecule has 0 aliphatic carbocycles. The molecule has 0 aromatic carbocycles. The molecule has 102 valence electrons. The van der Waals surface area contributed by atoms with Gasteiger partial charge in [0.15, 0.2) is 0 Å². The van der Waals surface area contributed by atoms with Crippen LogP contribution in [0, 0.1) is 6.92 Å². The number of anilines is 2. The zero-order valence-electron chi connectivity index (χ0n) is 10.9. The molecule has 19 heavy (non-hydrogen) atoms. The fraction of sp³-hybridized carbons (Fsp3) is 0.500. The third kappa shape index (κ3) is 2.36. The zero-order valence-corrected chi connectivity index (χ0v) is 11.8. The van der Waals surface area contributed by atoms with Crippen LogP contribution in [0.2, 0.25) is 0 Å². The normalized spacial score (nSPS) is 22.9. The van der Waals surface area contributed by atoms with Crippen molar-refractivity contribution in [2.45, 2.75) is 32.4 Å². The molecule has 6 nitrogen and oxygen atoms in total. The predicted molar refractivity (Wildman–Crippen MR) is 77.4 cm³/mol. The Balaban J connectivity index is 2.00. The Morgan fingerprint density at radius 1 is 1.47 bits per heavy atom. The SMILES string of the molecule is Cc1cc2c(NC3CCOC3C)nc(NN)nc2s1. The van der Waals surface area contributed by atoms with E-state index in [1.165, 1.54) is 4.88 Å². The first-order valence-electron chi connectivity index (χ1n) is 6.30. The second-order valence-electron chi connectivity index (χ2n) is 4.73. The summed E-state index contributed by atoms with van der Waals surface area (Å²) in [5.74, 6) is 6.69. The average Bonchev–Trinajstić information content (AvgIpc) is 2.95. The maximum atomic E-state index is 5.57. The zero-order chi connectivity index (χ0) is 13.4. The van der Waals surface area contributed by atoms with Crippen molar-refractivity contribution in [3.63, 3.8) is 0 Å². The van der Waals surface area contributed by atoms with Gasteiger partial charge in [-0.3, -0.25) is 5.43 Å². The van der Waals surface area contributed by atoms with Gasteiger partial charge in [-0.05, 0) is 26.3 Å². The number of nitrogens with zero attached hydrogens (tertiary/aromatic N) is 2. The molecule has 2 aromatic rings. The summed E-state index contributed by atoms with van der Waals surface area (Å²) < 4.78 is 5.57. The molecule has 1 saturated heterocycles. The van der Waals surface area contributed by atoms with Gasteiger partial charge in [0.25, 0.3) is 0 Å². The van der Waals surface area contributed by atoms with Crippen molar-refractivity contribution < 1.29 is 4.74 Å². The fourth-order valence-corrected chi connectivity index (χ4v) is 3.19. The number of hydrogen-bond acceptors (Lipinski definition) is 7. The predicted octanol–water partition coefficient (Wildman–Crippen LogP) is 1.87. The summed E-state index contributed by atoms with van der Waals surface area (Å²) in [6, 6.07) is 2.38. The van der Waals surface area contributed by atoms with Crippen LogP contribution in [0.25, 0.3) is 10.2 Å². The number of aryl methyl sites for hydroxylation is 1. The van der Waals surface area contributed by atoms with E-state index >= 15 is 0 Å². The van der Waals surface area contributed by atoms with E-state index in [4.69, 9.17) is 10.6 Å². The Bertz CT molecular complexity index is 599. The first-order chi connectivity index (χ1) is 9.17. The number of nitrogens with one attached hydrogen (secondary N) is 2. The number of nitrogen functional groups attached to an aromatic ring is 1. The molecule has 3 rings (SSSR count). The van der Waals surface area contributed by atoms with Crippen LogP contribution < -0.4 is 16.6 Å². The molecule has 0 saturated carbocycles. The van der Waals surface area contributed by atoms with Crippen molar-refractivity contribution in [3.05, 3.63) is 10.9 Å². The van der Waals surface area contributed by atoms with Gasteiger partial charge in [0.05, 0.1) is 17.5 Å². The summed E-state index contributed by atoms with van der Waals surface area (Å²) in [4.78, 5) is 10.9. The second kappa shape index (κ2) is 4.92. The fourth-order valence-electron chi connectivity index (χ4n) is 2.31. The maximum Gasteiger partial charge on any atom is 0.240 e. The quantitative estimate of drug-likeness (QED) is 0.587. The molecule has 7 heteroatoms. The minimum absolute atomic E-state index is 0.194. The summed E-state index contributed by atoms with van der Waals surface area (Å²) in [5.41, 5.74) is 2.52. The highest BCUT2D eigenvalue weighted by atomic mass is 32.1. The van der Waals surface area contributed by atoms with E-state index in [-0.39, 0.29) is 12.1 Å². The lowest BCUT2D eigenvalue weighted by molar-refractivity contribution is 0.121. The summed E-state index contributed by atoms with van der Waals surface area (Å²) in [7, 11) is 0. The average molecular weight is 279 g/mol. The number of aromatic nitrogens is 2. The summed E-state index contributed by atoms with van der Waals surface area (Å²) >= 11 is 1.64. The minimum atomic E-state index is 0.194. The van der Waals surface area contributed by atoms with Gasteiger partial charge in [0.2, 0.25) is 5.95 Å². The molecule has 4 N–H and O–H groups in total. The molecule has 0 amide bonds. The maximum absolute atomic E-state index is 5.57. The van der Waals surface area contributed by atoms with Crippen LogP contribution in [0.1, 0.15) is 18.2 Å². The van der Waals surface area contributed by atoms with Crippen molar-refractivity contribution in [2.24, 2.45) is 5.84 Å². The van der Waals surface area contributed by atoms with E-state index in [1.807, 2.05) is 0 Å². The van der Waals surface area contributed by atoms with E-state index in [2.05, 4.69) is 40.6 Å². The van der Waals surface area contributed by atoms with Gasteiger partial charge in [-0.25, -0.2) is 10.8 Å². The van der Waals surface area contributed by atoms with Gasteiger partial charge in [0.1, 0.15) is 10.6 Å². The molecule has 2 atom stereocenters. The van der Waals surface area contributed by atoms with Crippen molar-refractivity contribution in [3.8, 4) is 0 Å². The third-order valence-corrected chi connectivity index (χ3v) is 4.29. The highest BCUT2D eigenvalue weighted by molar-refractivity contribution is 7.18. The summed E-state index contributed by atoms with van der Waals surface area (Å²) in [6.45, 7) is 4.93. The van der Waals surface area contributed by atoms with Crippen LogP contribution in [0.5, 0.6) is 0 Å². The molecular weight excluding hydrogens is 262 g/mol. The molecule has 0 spiro atoms. The van der Waals surface area contributed by atoms with Crippen molar-refractivity contribution in [1.29, 1.82) is 0 Å². The minimum Gasteiger partial charge on any atom is -0.376 e. The molecule has 2 aromatic heterocycles. The van der Waals surface area contributed by atoms with Crippen LogP contribution in [0.4, 0.5) is 11.8 Å². The van der Waals surface area contributed by atoms with Gasteiger partial charge >= 0.3 is 0 Å². The lowest BCUT2D eigenvalue weighted by Gasteiger charge is -2.17. The number of hydrogen-bond donors (Lipinski definition) is 3. The number of rotatable bonds is 3. The van der Waals surface area contributed by atoms with Crippen LogP contribution in [-0.4, -0.2) is 28.7 Å². The van der Waals surface area contributed by atoms with Crippen LogP contribution in [0.3, 0.4) is 0 Å². The van der Waals surface area contributed by atoms with Crippen LogP contribution in [0.15, 0.2) is 6.07 Å². The Morgan fingerprint density at radius 2 is 2.32 bits per heavy atom. The second-order valence-corrected chi connectivity index (χ2v) is 5.97. The molecule has 1 aliphatic heterocycles. The van der Waals surface area contributed by atoms with Gasteiger partial charge in [-0.2, -0.15) is 4.98 Å². The van der Waals surface area contributed by atoms with E-state index in [0.717, 1.165) is 29.1 Å². The highest BCUT2D eigenvalue weighted by Crippen LogP contribution is 2.31. The summed E-state index contributed by atoms with van der Waals surface area (Å²) in [5, 5.41) is 4.50. The number of hydrazine groups is 1. The molecule has 3 heterocycles. The van der Waals surface area contributed by atoms with Crippen molar-refractivity contribution in [1.82, 2.24) is 9.97 Å². The molecule has 0 radical (unpaired) electrons. The Labute approximate surface area is 115 Å². The monoisotopic (exact) mass is 279 g/mol. The Kier molecular flexibility index (Phi) is 3.26. The van der Waals surface area contributed by atoms with E-state index in [0.29, 0.717) is 5.95 Å². The topological polar surface area (TPSA) is 85.1 Å². The molecular formula is C12H17N5OS. The van der Waals surface area contributed by atoms with Crippen molar-refractivity contribution >= 4 is 33.3 Å². The largest absolute Gasteiger partial charge is 0.376 e. The molecule has 1 fully saturated rings. The lowest BCUT2D eigenvalue weighted by atomic mass is 10.1. The number of fused-ring (bicyclic) bond motifs is 1. The first kappa shape index (κ1) is 12.6. The van der Waals surface area contributed by atoms with Gasteiger partial charge in [0, 0.05) is 11.5 Å². The highest BCUT2D eigenvalue weighted by Gasteiger charge is 2.25. The third-order valence-electron chi connectivity index (χ3n) is 3.34. The van der Waals surface area contributed by atoms with E-state index in [1.54, 1.807) is 11.3 Å². The first-order valence-corrected chi connectivity index (χ1v) is 7.12. The van der Waals surface area contributed by atoms with Gasteiger partial charge in [-0.15, -0.1) is 11.3 Å². The van der Waals surface area contributed by atoms with E-state index < -0.39 is 0 Å². The number of thiophene rings is 1. The van der Waals surface area contributed by atoms with Crippen molar-refractivity contribution in [2.75, 3.05) is 17.3 Å². The Hall–Kier alpha value is -1.44. The van der Waals surface area contributed by atoms with Gasteiger partial charge in [-0.1, -0.05) is 0 Å². The van der Waals surface area contributed by atoms with Crippen LogP contribution in [-0.2, 0) is 4.74 Å². The van der Waals surface area contributed by atoms with Gasteiger partial charge < -0.3 is 10.1 Å². The molecule has 2 unspecified atom stereocenters.